The van der Waals surface area contributed by atoms with Gasteiger partial charge in [0, 0.05) is 20.0 Å². The average Bonchev–Trinajstić information content (AvgIpc) is 2.64. The zero-order valence-electron chi connectivity index (χ0n) is 15.2. The van der Waals surface area contributed by atoms with Gasteiger partial charge in [0.2, 0.25) is 11.8 Å². The number of nitrogens with zero attached hydrogens (tertiary/aromatic N) is 2. The fourth-order valence-corrected chi connectivity index (χ4v) is 2.86. The summed E-state index contributed by atoms with van der Waals surface area (Å²) >= 11 is 0. The molecule has 0 saturated heterocycles. The Morgan fingerprint density at radius 2 is 1.52 bits per heavy atom. The summed E-state index contributed by atoms with van der Waals surface area (Å²) in [5, 5.41) is 0. The molecule has 25 heavy (non-hydrogen) atoms. The molecule has 132 valence electrons. The van der Waals surface area contributed by atoms with Gasteiger partial charge in [-0.05, 0) is 25.0 Å². The molecular weight excluding hydrogens is 312 g/mol. The van der Waals surface area contributed by atoms with Crippen molar-refractivity contribution >= 4 is 11.8 Å². The van der Waals surface area contributed by atoms with Gasteiger partial charge in [-0.2, -0.15) is 0 Å². The maximum atomic E-state index is 12.8. The van der Waals surface area contributed by atoms with Crippen LogP contribution in [-0.4, -0.2) is 34.7 Å². The number of hydrogen-bond donors (Lipinski definition) is 0. The van der Waals surface area contributed by atoms with Crippen LogP contribution in [0.4, 0.5) is 0 Å². The van der Waals surface area contributed by atoms with Crippen molar-refractivity contribution in [2.24, 2.45) is 0 Å². The summed E-state index contributed by atoms with van der Waals surface area (Å²) in [5.74, 6) is -0.134. The molecule has 0 saturated carbocycles. The second-order valence-electron chi connectivity index (χ2n) is 6.13. The highest BCUT2D eigenvalue weighted by atomic mass is 16.2. The minimum atomic E-state index is -0.141. The Morgan fingerprint density at radius 3 is 2.04 bits per heavy atom. The van der Waals surface area contributed by atoms with Gasteiger partial charge in [-0.25, -0.2) is 0 Å². The van der Waals surface area contributed by atoms with Gasteiger partial charge >= 0.3 is 0 Å². The number of likely N-dealkylation sites (N-methyl/N-ethyl adjacent to an activating group) is 1. The van der Waals surface area contributed by atoms with E-state index in [2.05, 4.69) is 0 Å². The highest BCUT2D eigenvalue weighted by molar-refractivity contribution is 5.84. The lowest BCUT2D eigenvalue weighted by Crippen LogP contribution is -2.42. The summed E-state index contributed by atoms with van der Waals surface area (Å²) in [7, 11) is 0. The molecule has 1 unspecified atom stereocenters. The average molecular weight is 338 g/mol. The van der Waals surface area contributed by atoms with Crippen molar-refractivity contribution in [1.29, 1.82) is 0 Å². The molecule has 0 bridgehead atoms. The second-order valence-corrected chi connectivity index (χ2v) is 6.13. The fourth-order valence-electron chi connectivity index (χ4n) is 2.86. The number of carbonyl (C=O) groups excluding carboxylic acids is 2. The smallest absolute Gasteiger partial charge is 0.242 e. The van der Waals surface area contributed by atoms with Gasteiger partial charge in [-0.1, -0.05) is 60.7 Å². The molecule has 2 aromatic rings. The molecule has 0 fully saturated rings. The summed E-state index contributed by atoms with van der Waals surface area (Å²) < 4.78 is 0. The summed E-state index contributed by atoms with van der Waals surface area (Å²) in [5.41, 5.74) is 2.11. The molecule has 0 heterocycles. The molecule has 4 nitrogen and oxygen atoms in total. The number of benzene rings is 2. The lowest BCUT2D eigenvalue weighted by atomic mass is 10.1. The SMILES string of the molecule is CCN(Cc1ccccc1)C(=O)CN(C(C)=O)C(C)c1ccccc1. The third-order valence-corrected chi connectivity index (χ3v) is 4.41. The summed E-state index contributed by atoms with van der Waals surface area (Å²) in [6.07, 6.45) is 0. The first-order valence-corrected chi connectivity index (χ1v) is 8.66. The molecule has 2 amide bonds. The Kier molecular flexibility index (Phi) is 6.75. The maximum Gasteiger partial charge on any atom is 0.242 e. The van der Waals surface area contributed by atoms with Crippen LogP contribution in [0.5, 0.6) is 0 Å². The van der Waals surface area contributed by atoms with Crippen molar-refractivity contribution in [1.82, 2.24) is 9.80 Å². The molecule has 0 N–H and O–H groups in total. The Balaban J connectivity index is 2.09. The van der Waals surface area contributed by atoms with Gasteiger partial charge in [-0.3, -0.25) is 9.59 Å². The molecule has 0 aliphatic rings. The van der Waals surface area contributed by atoms with Crippen molar-refractivity contribution in [3.63, 3.8) is 0 Å². The van der Waals surface area contributed by atoms with Gasteiger partial charge in [0.15, 0.2) is 0 Å². The molecule has 0 aliphatic carbocycles. The molecule has 0 spiro atoms. The minimum Gasteiger partial charge on any atom is -0.337 e. The largest absolute Gasteiger partial charge is 0.337 e. The molecule has 2 aromatic carbocycles. The first-order chi connectivity index (χ1) is 12.0. The highest BCUT2D eigenvalue weighted by Crippen LogP contribution is 2.20. The summed E-state index contributed by atoms with van der Waals surface area (Å²) in [6.45, 7) is 6.68. The van der Waals surface area contributed by atoms with Gasteiger partial charge in [0.25, 0.3) is 0 Å². The first kappa shape index (κ1) is 18.7. The minimum absolute atomic E-state index is 0.0377. The molecule has 0 aliphatic heterocycles. The number of amides is 2. The molecule has 0 aromatic heterocycles. The van der Waals surface area contributed by atoms with Crippen LogP contribution in [0, 0.1) is 0 Å². The number of hydrogen-bond acceptors (Lipinski definition) is 2. The van der Waals surface area contributed by atoms with E-state index in [1.54, 1.807) is 9.80 Å². The number of carbonyl (C=O) groups is 2. The van der Waals surface area contributed by atoms with Crippen LogP contribution in [0.2, 0.25) is 0 Å². The maximum absolute atomic E-state index is 12.8. The Bertz CT molecular complexity index is 686. The first-order valence-electron chi connectivity index (χ1n) is 8.66. The van der Waals surface area contributed by atoms with E-state index in [0.29, 0.717) is 13.1 Å². The van der Waals surface area contributed by atoms with Crippen molar-refractivity contribution in [3.8, 4) is 0 Å². The van der Waals surface area contributed by atoms with Crippen LogP contribution in [-0.2, 0) is 16.1 Å². The second kappa shape index (κ2) is 9.02. The van der Waals surface area contributed by atoms with E-state index in [1.165, 1.54) is 6.92 Å². The van der Waals surface area contributed by atoms with Gasteiger partial charge in [0.05, 0.1) is 6.04 Å². The van der Waals surface area contributed by atoms with Crippen LogP contribution in [0.25, 0.3) is 0 Å². The summed E-state index contributed by atoms with van der Waals surface area (Å²) in [6, 6.07) is 19.5. The summed E-state index contributed by atoms with van der Waals surface area (Å²) in [4.78, 5) is 28.3. The van der Waals surface area contributed by atoms with Crippen molar-refractivity contribution < 1.29 is 9.59 Å². The normalized spacial score (nSPS) is 11.6. The molecule has 0 radical (unpaired) electrons. The Morgan fingerprint density at radius 1 is 0.960 bits per heavy atom. The van der Waals surface area contributed by atoms with Crippen molar-refractivity contribution in [2.75, 3.05) is 13.1 Å². The third kappa shape index (κ3) is 5.18. The van der Waals surface area contributed by atoms with Crippen LogP contribution in [0.3, 0.4) is 0 Å². The molecular formula is C21H26N2O2. The van der Waals surface area contributed by atoms with Gasteiger partial charge < -0.3 is 9.80 Å². The standard InChI is InChI=1S/C21H26N2O2/c1-4-22(15-19-11-7-5-8-12-19)21(25)16-23(18(3)24)17(2)20-13-9-6-10-14-20/h5-14,17H,4,15-16H2,1-3H3. The predicted octanol–water partition coefficient (Wildman–Crippen LogP) is 3.64. The van der Waals surface area contributed by atoms with E-state index in [0.717, 1.165) is 11.1 Å². The van der Waals surface area contributed by atoms with Crippen LogP contribution in [0.1, 0.15) is 37.9 Å². The lowest BCUT2D eigenvalue weighted by molar-refractivity contribution is -0.141. The van der Waals surface area contributed by atoms with E-state index < -0.39 is 0 Å². The molecule has 2 rings (SSSR count). The Hall–Kier alpha value is -2.62. The number of rotatable bonds is 7. The topological polar surface area (TPSA) is 40.6 Å². The van der Waals surface area contributed by atoms with E-state index in [-0.39, 0.29) is 24.4 Å². The quantitative estimate of drug-likeness (QED) is 0.773. The van der Waals surface area contributed by atoms with E-state index in [4.69, 9.17) is 0 Å². The molecule has 1 atom stereocenters. The van der Waals surface area contributed by atoms with Crippen LogP contribution < -0.4 is 0 Å². The van der Waals surface area contributed by atoms with Gasteiger partial charge in [-0.15, -0.1) is 0 Å². The Labute approximate surface area is 150 Å². The fraction of sp³-hybridized carbons (Fsp3) is 0.333. The zero-order valence-corrected chi connectivity index (χ0v) is 15.2. The third-order valence-electron chi connectivity index (χ3n) is 4.41. The van der Waals surface area contributed by atoms with E-state index in [9.17, 15) is 9.59 Å². The van der Waals surface area contributed by atoms with E-state index in [1.807, 2.05) is 74.5 Å². The lowest BCUT2D eigenvalue weighted by Gasteiger charge is -2.31. The van der Waals surface area contributed by atoms with E-state index >= 15 is 0 Å². The van der Waals surface area contributed by atoms with Crippen molar-refractivity contribution in [3.05, 3.63) is 71.8 Å². The monoisotopic (exact) mass is 338 g/mol. The van der Waals surface area contributed by atoms with Crippen molar-refractivity contribution in [2.45, 2.75) is 33.4 Å². The predicted molar refractivity (Wildman–Crippen MR) is 99.8 cm³/mol. The zero-order chi connectivity index (χ0) is 18.2. The molecule has 4 heteroatoms. The highest BCUT2D eigenvalue weighted by Gasteiger charge is 2.23. The van der Waals surface area contributed by atoms with Gasteiger partial charge in [0.1, 0.15) is 6.54 Å². The van der Waals surface area contributed by atoms with Crippen LogP contribution >= 0.6 is 0 Å². The van der Waals surface area contributed by atoms with Crippen LogP contribution in [0.15, 0.2) is 60.7 Å².